The third-order valence-electron chi connectivity index (χ3n) is 4.22. The molecule has 1 atom stereocenters. The monoisotopic (exact) mass is 475 g/mol. The number of benzene rings is 3. The van der Waals surface area contributed by atoms with Crippen molar-refractivity contribution in [1.82, 2.24) is 0 Å². The largest absolute Gasteiger partial charge is 0.488 e. The Morgan fingerprint density at radius 3 is 2.56 bits per heavy atom. The van der Waals surface area contributed by atoms with Crippen molar-refractivity contribution in [2.45, 2.75) is 12.7 Å². The molecule has 5 nitrogen and oxygen atoms in total. The highest BCUT2D eigenvalue weighted by molar-refractivity contribution is 14.1. The van der Waals surface area contributed by atoms with Crippen molar-refractivity contribution in [3.63, 3.8) is 0 Å². The Bertz CT molecular complexity index is 957. The Hall–Kier alpha value is -2.32. The summed E-state index contributed by atoms with van der Waals surface area (Å²) in [6.45, 7) is 1.37. The van der Waals surface area contributed by atoms with Crippen LogP contribution < -0.4 is 10.1 Å². The first-order chi connectivity index (χ1) is 13.2. The van der Waals surface area contributed by atoms with Crippen molar-refractivity contribution in [1.29, 1.82) is 0 Å². The van der Waals surface area contributed by atoms with Gasteiger partial charge in [-0.15, -0.1) is 0 Å². The fourth-order valence-corrected chi connectivity index (χ4v) is 3.49. The Kier molecular flexibility index (Phi) is 5.45. The van der Waals surface area contributed by atoms with Gasteiger partial charge in [-0.1, -0.05) is 54.6 Å². The molecule has 0 spiro atoms. The second-order valence-electron chi connectivity index (χ2n) is 6.23. The first-order valence-corrected chi connectivity index (χ1v) is 9.72. The van der Waals surface area contributed by atoms with Crippen LogP contribution in [0.2, 0.25) is 0 Å². The number of fused-ring (bicyclic) bond motifs is 1. The van der Waals surface area contributed by atoms with Crippen molar-refractivity contribution < 1.29 is 19.0 Å². The van der Waals surface area contributed by atoms with Crippen molar-refractivity contribution in [3.05, 3.63) is 69.8 Å². The topological polar surface area (TPSA) is 60.1 Å². The van der Waals surface area contributed by atoms with Crippen molar-refractivity contribution >= 4 is 45.1 Å². The van der Waals surface area contributed by atoms with E-state index < -0.39 is 6.09 Å². The van der Waals surface area contributed by atoms with Gasteiger partial charge >= 0.3 is 6.09 Å². The number of carbonyl (C=O) groups excluding carboxylic acids is 1. The van der Waals surface area contributed by atoms with Crippen molar-refractivity contribution in [2.75, 3.05) is 18.5 Å². The van der Waals surface area contributed by atoms with Gasteiger partial charge in [0.2, 0.25) is 0 Å². The average molecular weight is 475 g/mol. The lowest BCUT2D eigenvalue weighted by Gasteiger charge is -2.15. The highest BCUT2D eigenvalue weighted by atomic mass is 127. The van der Waals surface area contributed by atoms with E-state index in [0.29, 0.717) is 18.9 Å². The SMILES string of the molecule is O=C(Nc1cc(OCc2ccccc2)c2ccccc2c1I)OCC1CO1. The van der Waals surface area contributed by atoms with Crippen LogP contribution >= 0.6 is 22.6 Å². The van der Waals surface area contributed by atoms with Gasteiger partial charge in [0.25, 0.3) is 0 Å². The molecule has 1 heterocycles. The Balaban J connectivity index is 1.58. The van der Waals surface area contributed by atoms with E-state index in [0.717, 1.165) is 25.7 Å². The van der Waals surface area contributed by atoms with Crippen LogP contribution in [-0.4, -0.2) is 25.4 Å². The van der Waals surface area contributed by atoms with E-state index in [1.54, 1.807) is 0 Å². The quantitative estimate of drug-likeness (QED) is 0.404. The first kappa shape index (κ1) is 18.1. The number of halogens is 1. The number of anilines is 1. The number of epoxide rings is 1. The predicted octanol–water partition coefficient (Wildman–Crippen LogP) is 4.97. The molecule has 4 rings (SSSR count). The summed E-state index contributed by atoms with van der Waals surface area (Å²) in [7, 11) is 0. The van der Waals surface area contributed by atoms with Crippen LogP contribution in [0.3, 0.4) is 0 Å². The molecule has 0 aliphatic carbocycles. The summed E-state index contributed by atoms with van der Waals surface area (Å²) in [5.41, 5.74) is 1.75. The van der Waals surface area contributed by atoms with Gasteiger partial charge < -0.3 is 14.2 Å². The third-order valence-corrected chi connectivity index (χ3v) is 5.38. The Labute approximate surface area is 170 Å². The van der Waals surface area contributed by atoms with Gasteiger partial charge in [-0.3, -0.25) is 5.32 Å². The normalized spacial score (nSPS) is 15.4. The van der Waals surface area contributed by atoms with E-state index in [1.807, 2.05) is 60.7 Å². The number of nitrogens with one attached hydrogen (secondary N) is 1. The molecular formula is C21H18INO4. The Morgan fingerprint density at radius 2 is 1.81 bits per heavy atom. The molecule has 1 aliphatic heterocycles. The summed E-state index contributed by atoms with van der Waals surface area (Å²) >= 11 is 2.23. The predicted molar refractivity (Wildman–Crippen MR) is 112 cm³/mol. The van der Waals surface area contributed by atoms with Gasteiger partial charge in [-0.2, -0.15) is 0 Å². The fourth-order valence-electron chi connectivity index (χ4n) is 2.73. The van der Waals surface area contributed by atoms with Crippen LogP contribution in [0, 0.1) is 3.57 Å². The summed E-state index contributed by atoms with van der Waals surface area (Å²) in [5.74, 6) is 0.718. The smallest absolute Gasteiger partial charge is 0.411 e. The zero-order valence-corrected chi connectivity index (χ0v) is 16.6. The standard InChI is InChI=1S/C21H18INO4/c22-20-17-9-5-4-8-16(17)19(26-11-14-6-2-1-3-7-14)10-18(20)23-21(24)27-13-15-12-25-15/h1-10,15H,11-13H2,(H,23,24). The van der Waals surface area contributed by atoms with E-state index in [4.69, 9.17) is 14.2 Å². The number of rotatable bonds is 6. The molecular weight excluding hydrogens is 457 g/mol. The zero-order valence-electron chi connectivity index (χ0n) is 14.5. The number of amides is 1. The molecule has 3 aromatic rings. The van der Waals surface area contributed by atoms with Gasteiger partial charge in [0.05, 0.1) is 12.3 Å². The van der Waals surface area contributed by atoms with E-state index in [9.17, 15) is 4.79 Å². The van der Waals surface area contributed by atoms with E-state index in [-0.39, 0.29) is 12.7 Å². The van der Waals surface area contributed by atoms with Gasteiger partial charge in [0.15, 0.2) is 0 Å². The lowest BCUT2D eigenvalue weighted by atomic mass is 10.1. The van der Waals surface area contributed by atoms with Crippen molar-refractivity contribution in [2.24, 2.45) is 0 Å². The highest BCUT2D eigenvalue weighted by Crippen LogP contribution is 2.36. The number of hydrogen-bond acceptors (Lipinski definition) is 4. The van der Waals surface area contributed by atoms with Crippen LogP contribution in [0.5, 0.6) is 5.75 Å². The number of hydrogen-bond donors (Lipinski definition) is 1. The van der Waals surface area contributed by atoms with E-state index >= 15 is 0 Å². The maximum atomic E-state index is 12.1. The Morgan fingerprint density at radius 1 is 1.11 bits per heavy atom. The lowest BCUT2D eigenvalue weighted by Crippen LogP contribution is -2.17. The lowest BCUT2D eigenvalue weighted by molar-refractivity contribution is 0.150. The van der Waals surface area contributed by atoms with Crippen molar-refractivity contribution in [3.8, 4) is 5.75 Å². The van der Waals surface area contributed by atoms with Gasteiger partial charge in [-0.05, 0) is 28.2 Å². The molecule has 1 N–H and O–H groups in total. The van der Waals surface area contributed by atoms with Crippen LogP contribution in [0.1, 0.15) is 5.56 Å². The molecule has 138 valence electrons. The third kappa shape index (κ3) is 4.51. The minimum atomic E-state index is -0.493. The highest BCUT2D eigenvalue weighted by Gasteiger charge is 2.24. The van der Waals surface area contributed by atoms with Crippen LogP contribution in [0.25, 0.3) is 10.8 Å². The molecule has 3 aromatic carbocycles. The maximum Gasteiger partial charge on any atom is 0.411 e. The first-order valence-electron chi connectivity index (χ1n) is 8.64. The molecule has 1 saturated heterocycles. The molecule has 1 aliphatic rings. The minimum Gasteiger partial charge on any atom is -0.488 e. The van der Waals surface area contributed by atoms with E-state index in [2.05, 4.69) is 27.9 Å². The molecule has 0 radical (unpaired) electrons. The summed E-state index contributed by atoms with van der Waals surface area (Å²) in [4.78, 5) is 12.1. The average Bonchev–Trinajstić information content (AvgIpc) is 3.53. The van der Waals surface area contributed by atoms with Crippen LogP contribution in [0.4, 0.5) is 10.5 Å². The molecule has 27 heavy (non-hydrogen) atoms. The molecule has 1 fully saturated rings. The zero-order chi connectivity index (χ0) is 18.6. The van der Waals surface area contributed by atoms with Crippen LogP contribution in [-0.2, 0) is 16.1 Å². The number of carbonyl (C=O) groups is 1. The van der Waals surface area contributed by atoms with E-state index in [1.165, 1.54) is 0 Å². The number of ether oxygens (including phenoxy) is 3. The molecule has 0 bridgehead atoms. The fraction of sp³-hybridized carbons (Fsp3) is 0.190. The van der Waals surface area contributed by atoms with Crippen LogP contribution in [0.15, 0.2) is 60.7 Å². The molecule has 6 heteroatoms. The molecule has 1 unspecified atom stereocenters. The molecule has 0 aromatic heterocycles. The minimum absolute atomic E-state index is 0.0381. The molecule has 0 saturated carbocycles. The summed E-state index contributed by atoms with van der Waals surface area (Å²) in [6, 6.07) is 19.8. The second kappa shape index (κ2) is 8.14. The second-order valence-corrected chi connectivity index (χ2v) is 7.31. The van der Waals surface area contributed by atoms with Gasteiger partial charge in [-0.25, -0.2) is 4.79 Å². The van der Waals surface area contributed by atoms with Gasteiger partial charge in [0.1, 0.15) is 25.1 Å². The summed E-state index contributed by atoms with van der Waals surface area (Å²) < 4.78 is 17.3. The maximum absolute atomic E-state index is 12.1. The van der Waals surface area contributed by atoms with Gasteiger partial charge in [0, 0.05) is 20.4 Å². The summed E-state index contributed by atoms with van der Waals surface area (Å²) in [6.07, 6.45) is -0.455. The molecule has 1 amide bonds. The summed E-state index contributed by atoms with van der Waals surface area (Å²) in [5, 5.41) is 4.84.